The Labute approximate surface area is 234 Å². The van der Waals surface area contributed by atoms with Gasteiger partial charge in [0.15, 0.2) is 0 Å². The Kier molecular flexibility index (Phi) is 7.43. The summed E-state index contributed by atoms with van der Waals surface area (Å²) in [6, 6.07) is 19.9. The van der Waals surface area contributed by atoms with Crippen molar-refractivity contribution in [3.05, 3.63) is 111 Å². The van der Waals surface area contributed by atoms with Crippen molar-refractivity contribution in [3.63, 3.8) is 0 Å². The number of rotatable bonds is 7. The van der Waals surface area contributed by atoms with E-state index >= 15 is 0 Å². The number of aliphatic hydroxyl groups is 1. The molecule has 10 heteroatoms. The molecule has 202 valence electrons. The van der Waals surface area contributed by atoms with Gasteiger partial charge in [-0.15, -0.1) is 10.2 Å². The van der Waals surface area contributed by atoms with Crippen LogP contribution in [0.1, 0.15) is 43.7 Å². The van der Waals surface area contributed by atoms with Crippen LogP contribution in [0.15, 0.2) is 78.4 Å². The van der Waals surface area contributed by atoms with Gasteiger partial charge in [-0.1, -0.05) is 53.3 Å². The normalized spacial score (nSPS) is 16.3. The van der Waals surface area contributed by atoms with Crippen LogP contribution in [0.25, 0.3) is 5.76 Å². The number of aliphatic hydroxyl groups excluding tert-OH is 1. The third-order valence-electron chi connectivity index (χ3n) is 6.43. The van der Waals surface area contributed by atoms with Crippen molar-refractivity contribution in [1.82, 2.24) is 10.2 Å². The molecule has 40 heavy (non-hydrogen) atoms. The molecular formula is C30H25N3O6S. The molecule has 4 aromatic rings. The van der Waals surface area contributed by atoms with Crippen molar-refractivity contribution < 1.29 is 29.0 Å². The second kappa shape index (κ2) is 11.1. The average Bonchev–Trinajstić information content (AvgIpc) is 3.51. The Morgan fingerprint density at radius 1 is 0.975 bits per heavy atom. The number of aromatic nitrogens is 2. The van der Waals surface area contributed by atoms with Crippen LogP contribution in [-0.4, -0.2) is 40.1 Å². The molecule has 1 saturated heterocycles. The molecule has 1 amide bonds. The van der Waals surface area contributed by atoms with Crippen LogP contribution in [0.5, 0.6) is 5.75 Å². The number of aryl methyl sites for hydroxylation is 2. The summed E-state index contributed by atoms with van der Waals surface area (Å²) in [5, 5.41) is 20.2. The van der Waals surface area contributed by atoms with Gasteiger partial charge in [0.25, 0.3) is 5.78 Å². The zero-order valence-corrected chi connectivity index (χ0v) is 22.8. The largest absolute Gasteiger partial charge is 0.507 e. The van der Waals surface area contributed by atoms with Gasteiger partial charge >= 0.3 is 11.9 Å². The first-order chi connectivity index (χ1) is 19.3. The van der Waals surface area contributed by atoms with E-state index in [1.807, 2.05) is 31.2 Å². The smallest absolute Gasteiger partial charge is 0.337 e. The minimum Gasteiger partial charge on any atom is -0.507 e. The molecule has 1 aromatic heterocycles. The predicted molar refractivity (Wildman–Crippen MR) is 149 cm³/mol. The first kappa shape index (κ1) is 26.8. The van der Waals surface area contributed by atoms with Gasteiger partial charge in [-0.25, -0.2) is 4.79 Å². The number of methoxy groups -OCH3 is 1. The number of Topliss-reactive ketones (excluding diaryl/α,β-unsaturated/α-hetero) is 1. The molecule has 0 radical (unpaired) electrons. The highest BCUT2D eigenvalue weighted by Gasteiger charge is 2.48. The number of anilines is 1. The van der Waals surface area contributed by atoms with Crippen molar-refractivity contribution >= 4 is 39.9 Å². The van der Waals surface area contributed by atoms with Crippen LogP contribution in [0.2, 0.25) is 0 Å². The fourth-order valence-corrected chi connectivity index (χ4v) is 5.20. The molecule has 2 heterocycles. The number of esters is 1. The Morgan fingerprint density at radius 3 is 2.30 bits per heavy atom. The van der Waals surface area contributed by atoms with E-state index in [-0.39, 0.29) is 16.5 Å². The number of amides is 1. The number of nitrogens with zero attached hydrogens (tertiary/aromatic N) is 3. The summed E-state index contributed by atoms with van der Waals surface area (Å²) in [5.74, 6) is -1.97. The number of hydrogen-bond acceptors (Lipinski definition) is 9. The van der Waals surface area contributed by atoms with Crippen molar-refractivity contribution in [3.8, 4) is 5.75 Å². The topological polar surface area (TPSA) is 119 Å². The van der Waals surface area contributed by atoms with E-state index in [4.69, 9.17) is 9.47 Å². The van der Waals surface area contributed by atoms with E-state index in [9.17, 15) is 19.5 Å². The zero-order chi connectivity index (χ0) is 28.4. The maximum Gasteiger partial charge on any atom is 0.337 e. The Bertz CT molecular complexity index is 1630. The lowest BCUT2D eigenvalue weighted by molar-refractivity contribution is -0.132. The number of hydrogen-bond donors (Lipinski definition) is 1. The fourth-order valence-electron chi connectivity index (χ4n) is 4.48. The summed E-state index contributed by atoms with van der Waals surface area (Å²) in [4.78, 5) is 39.7. The molecule has 5 rings (SSSR count). The van der Waals surface area contributed by atoms with Crippen molar-refractivity contribution in [2.24, 2.45) is 0 Å². The number of benzene rings is 3. The van der Waals surface area contributed by atoms with Crippen LogP contribution < -0.4 is 9.64 Å². The Hall–Kier alpha value is -4.83. The van der Waals surface area contributed by atoms with E-state index in [0.29, 0.717) is 34.1 Å². The fraction of sp³-hybridized carbons (Fsp3) is 0.167. The third-order valence-corrected chi connectivity index (χ3v) is 7.27. The summed E-state index contributed by atoms with van der Waals surface area (Å²) in [6.45, 7) is 4.12. The van der Waals surface area contributed by atoms with Gasteiger partial charge in [0.05, 0.1) is 24.3 Å². The van der Waals surface area contributed by atoms with Crippen LogP contribution >= 0.6 is 11.3 Å². The first-order valence-corrected chi connectivity index (χ1v) is 13.2. The molecule has 0 bridgehead atoms. The second-order valence-electron chi connectivity index (χ2n) is 9.19. The van der Waals surface area contributed by atoms with Crippen molar-refractivity contribution in [2.75, 3.05) is 12.0 Å². The van der Waals surface area contributed by atoms with Crippen LogP contribution in [0, 0.1) is 13.8 Å². The summed E-state index contributed by atoms with van der Waals surface area (Å²) in [7, 11) is 1.28. The molecule has 1 N–H and O–H groups in total. The van der Waals surface area contributed by atoms with Crippen LogP contribution in [0.4, 0.5) is 5.13 Å². The summed E-state index contributed by atoms with van der Waals surface area (Å²) < 4.78 is 10.6. The molecule has 0 unspecified atom stereocenters. The molecule has 1 fully saturated rings. The van der Waals surface area contributed by atoms with Gasteiger partial charge in [0.2, 0.25) is 5.13 Å². The second-order valence-corrected chi connectivity index (χ2v) is 10.3. The SMILES string of the molecule is COC(=O)c1ccc([C@H]2/C(=C(\O)c3ccc(OCc4cccc(C)c4)cc3)C(=O)C(=O)N2c2nnc(C)s2)cc1. The summed E-state index contributed by atoms with van der Waals surface area (Å²) >= 11 is 1.15. The maximum atomic E-state index is 13.3. The Morgan fingerprint density at radius 2 is 1.68 bits per heavy atom. The van der Waals surface area contributed by atoms with Gasteiger partial charge in [0, 0.05) is 5.56 Å². The monoisotopic (exact) mass is 555 g/mol. The van der Waals surface area contributed by atoms with Gasteiger partial charge in [-0.05, 0) is 61.4 Å². The molecule has 9 nitrogen and oxygen atoms in total. The lowest BCUT2D eigenvalue weighted by Gasteiger charge is -2.22. The van der Waals surface area contributed by atoms with E-state index in [0.717, 1.165) is 22.5 Å². The molecular weight excluding hydrogens is 530 g/mol. The number of carbonyl (C=O) groups is 3. The van der Waals surface area contributed by atoms with Crippen LogP contribution in [0.3, 0.4) is 0 Å². The highest BCUT2D eigenvalue weighted by Crippen LogP contribution is 2.43. The first-order valence-electron chi connectivity index (χ1n) is 12.3. The minimum atomic E-state index is -0.990. The lowest BCUT2D eigenvalue weighted by Crippen LogP contribution is -2.29. The molecule has 0 saturated carbocycles. The number of carbonyl (C=O) groups excluding carboxylic acids is 3. The highest BCUT2D eigenvalue weighted by atomic mass is 32.1. The Balaban J connectivity index is 1.51. The molecule has 0 spiro atoms. The molecule has 1 aliphatic rings. The van der Waals surface area contributed by atoms with E-state index in [1.165, 1.54) is 24.1 Å². The van der Waals surface area contributed by atoms with Crippen LogP contribution in [-0.2, 0) is 20.9 Å². The number of ketones is 1. The average molecular weight is 556 g/mol. The van der Waals surface area contributed by atoms with Gasteiger partial charge in [-0.3, -0.25) is 14.5 Å². The van der Waals surface area contributed by atoms with Crippen molar-refractivity contribution in [2.45, 2.75) is 26.5 Å². The van der Waals surface area contributed by atoms with E-state index < -0.39 is 23.7 Å². The van der Waals surface area contributed by atoms with Gasteiger partial charge in [-0.2, -0.15) is 0 Å². The predicted octanol–water partition coefficient (Wildman–Crippen LogP) is 5.15. The van der Waals surface area contributed by atoms with Gasteiger partial charge < -0.3 is 14.6 Å². The molecule has 3 aromatic carbocycles. The van der Waals surface area contributed by atoms with Gasteiger partial charge in [0.1, 0.15) is 23.1 Å². The molecule has 0 aliphatic carbocycles. The zero-order valence-electron chi connectivity index (χ0n) is 22.0. The highest BCUT2D eigenvalue weighted by molar-refractivity contribution is 7.15. The van der Waals surface area contributed by atoms with Crippen molar-refractivity contribution in [1.29, 1.82) is 0 Å². The lowest BCUT2D eigenvalue weighted by atomic mass is 9.94. The van der Waals surface area contributed by atoms with E-state index in [2.05, 4.69) is 10.2 Å². The summed E-state index contributed by atoms with van der Waals surface area (Å²) in [6.07, 6.45) is 0. The third kappa shape index (κ3) is 5.21. The van der Waals surface area contributed by atoms with E-state index in [1.54, 1.807) is 43.3 Å². The minimum absolute atomic E-state index is 0.0999. The quantitative estimate of drug-likeness (QED) is 0.144. The standard InChI is InChI=1S/C30H25N3O6S/c1-17-5-4-6-19(15-17)16-39-23-13-11-21(12-14-23)26(34)24-25(20-7-9-22(10-8-20)29(37)38-3)33(28(36)27(24)35)30-32-31-18(2)40-30/h4-15,25,34H,16H2,1-3H3/b26-24+/t25-/m0/s1. The molecule has 1 aliphatic heterocycles. The summed E-state index contributed by atoms with van der Waals surface area (Å²) in [5.41, 5.74) is 3.20. The number of ether oxygens (including phenoxy) is 2. The molecule has 1 atom stereocenters. The maximum absolute atomic E-state index is 13.3.